The van der Waals surface area contributed by atoms with E-state index in [1.807, 2.05) is 37.3 Å². The molecule has 4 heteroatoms. The molecule has 0 saturated carbocycles. The molecule has 0 atom stereocenters. The minimum absolute atomic E-state index is 0. The molecule has 0 bridgehead atoms. The summed E-state index contributed by atoms with van der Waals surface area (Å²) in [6.07, 6.45) is 0. The summed E-state index contributed by atoms with van der Waals surface area (Å²) in [5, 5.41) is 10.8. The molecule has 18 heavy (non-hydrogen) atoms. The fourth-order valence-electron chi connectivity index (χ4n) is 1.45. The second kappa shape index (κ2) is 6.59. The Morgan fingerprint density at radius 1 is 1.11 bits per heavy atom. The number of aromatic carboxylic acids is 1. The molecule has 2 rings (SSSR count). The topological polar surface area (TPSA) is 49.4 Å². The van der Waals surface area contributed by atoms with Crippen LogP contribution in [-0.4, -0.2) is 5.97 Å². The summed E-state index contributed by atoms with van der Waals surface area (Å²) >= 11 is 0. The van der Waals surface area contributed by atoms with Crippen molar-refractivity contribution >= 4 is 5.97 Å². The molecule has 3 nitrogen and oxygen atoms in total. The number of ether oxygens (including phenoxy) is 1. The van der Waals surface area contributed by atoms with Gasteiger partial charge in [0, 0.05) is 5.56 Å². The van der Waals surface area contributed by atoms with Gasteiger partial charge < -0.3 is 14.6 Å². The van der Waals surface area contributed by atoms with E-state index in [0.29, 0.717) is 11.5 Å². The summed E-state index contributed by atoms with van der Waals surface area (Å²) in [4.78, 5) is 10.8. The van der Waals surface area contributed by atoms with E-state index in [9.17, 15) is 9.90 Å². The third-order valence-electron chi connectivity index (χ3n) is 2.39. The molecule has 2 aromatic carbocycles. The number of rotatable bonds is 3. The number of benzene rings is 2. The predicted molar refractivity (Wildman–Crippen MR) is 62.0 cm³/mol. The van der Waals surface area contributed by atoms with E-state index in [1.54, 1.807) is 6.07 Å². The fourth-order valence-corrected chi connectivity index (χ4v) is 1.45. The molecule has 2 aromatic rings. The first-order chi connectivity index (χ1) is 8.16. The molecule has 0 saturated heterocycles. The van der Waals surface area contributed by atoms with Crippen molar-refractivity contribution in [2.45, 2.75) is 6.92 Å². The third-order valence-corrected chi connectivity index (χ3v) is 2.39. The van der Waals surface area contributed by atoms with Crippen molar-refractivity contribution in [2.75, 3.05) is 0 Å². The molecule has 0 radical (unpaired) electrons. The van der Waals surface area contributed by atoms with Crippen LogP contribution in [0.1, 0.15) is 15.9 Å². The van der Waals surface area contributed by atoms with Crippen LogP contribution in [-0.2, 0) is 0 Å². The van der Waals surface area contributed by atoms with Crippen molar-refractivity contribution in [1.82, 2.24) is 0 Å². The van der Waals surface area contributed by atoms with E-state index in [-0.39, 0.29) is 35.1 Å². The zero-order chi connectivity index (χ0) is 12.3. The van der Waals surface area contributed by atoms with Gasteiger partial charge in [-0.2, -0.15) is 0 Å². The smallest absolute Gasteiger partial charge is 0.545 e. The Balaban J connectivity index is 0.00000162. The van der Waals surface area contributed by atoms with Gasteiger partial charge in [0.2, 0.25) is 0 Å². The van der Waals surface area contributed by atoms with E-state index in [0.717, 1.165) is 5.56 Å². The number of hydrogen-bond donors (Lipinski definition) is 0. The van der Waals surface area contributed by atoms with Gasteiger partial charge in [-0.3, -0.25) is 0 Å². The van der Waals surface area contributed by atoms with Crippen molar-refractivity contribution < 1.29 is 44.2 Å². The Hall–Kier alpha value is -1.29. The molecule has 0 amide bonds. The number of carboxylic acids is 1. The number of aryl methyl sites for hydroxylation is 1. The number of hydrogen-bond acceptors (Lipinski definition) is 3. The molecule has 0 aromatic heterocycles. The molecule has 0 heterocycles. The summed E-state index contributed by atoms with van der Waals surface area (Å²) in [5.74, 6) is -0.00749. The molecule has 0 aliphatic rings. The van der Waals surface area contributed by atoms with E-state index < -0.39 is 5.97 Å². The van der Waals surface area contributed by atoms with Gasteiger partial charge in [0.15, 0.2) is 0 Å². The van der Waals surface area contributed by atoms with E-state index >= 15 is 0 Å². The van der Waals surface area contributed by atoms with Crippen molar-refractivity contribution in [3.8, 4) is 11.5 Å². The van der Waals surface area contributed by atoms with E-state index in [1.165, 1.54) is 12.1 Å². The monoisotopic (exact) mass is 250 g/mol. The quantitative estimate of drug-likeness (QED) is 0.667. The van der Waals surface area contributed by atoms with Crippen LogP contribution < -0.4 is 39.4 Å². The second-order valence-electron chi connectivity index (χ2n) is 3.68. The van der Waals surface area contributed by atoms with Gasteiger partial charge in [0.05, 0.1) is 5.97 Å². The minimum Gasteiger partial charge on any atom is -0.545 e. The van der Waals surface area contributed by atoms with Crippen LogP contribution in [0.15, 0.2) is 48.5 Å². The number of carboxylic acid groups (broad SMARTS) is 1. The first-order valence-corrected chi connectivity index (χ1v) is 5.22. The molecule has 0 aliphatic carbocycles. The molecular weight excluding hydrogens is 239 g/mol. The van der Waals surface area contributed by atoms with Gasteiger partial charge in [0.1, 0.15) is 11.5 Å². The Labute approximate surface area is 128 Å². The average Bonchev–Trinajstić information content (AvgIpc) is 2.33. The van der Waals surface area contributed by atoms with Crippen LogP contribution in [0.2, 0.25) is 0 Å². The summed E-state index contributed by atoms with van der Waals surface area (Å²) in [5.41, 5.74) is 0.986. The number of carbonyl (C=O) groups excluding carboxylic acids is 1. The van der Waals surface area contributed by atoms with Crippen molar-refractivity contribution in [3.05, 3.63) is 59.7 Å². The van der Waals surface area contributed by atoms with E-state index in [2.05, 4.69) is 0 Å². The van der Waals surface area contributed by atoms with E-state index in [4.69, 9.17) is 4.74 Å². The average molecular weight is 250 g/mol. The van der Waals surface area contributed by atoms with Gasteiger partial charge in [-0.15, -0.1) is 0 Å². The van der Waals surface area contributed by atoms with Crippen LogP contribution in [0.4, 0.5) is 0 Å². The molecular formula is C14H11NaO3. The minimum atomic E-state index is -1.21. The van der Waals surface area contributed by atoms with Gasteiger partial charge in [-0.25, -0.2) is 0 Å². The maximum atomic E-state index is 10.8. The first kappa shape index (κ1) is 14.8. The normalized spacial score (nSPS) is 9.39. The Morgan fingerprint density at radius 2 is 1.78 bits per heavy atom. The number of para-hydroxylation sites is 1. The fraction of sp³-hybridized carbons (Fsp3) is 0.0714. The third kappa shape index (κ3) is 3.60. The van der Waals surface area contributed by atoms with Crippen LogP contribution in [0.5, 0.6) is 11.5 Å². The van der Waals surface area contributed by atoms with Crippen LogP contribution in [0.25, 0.3) is 0 Å². The summed E-state index contributed by atoms with van der Waals surface area (Å²) in [7, 11) is 0. The molecule has 0 aliphatic heterocycles. The van der Waals surface area contributed by atoms with Crippen molar-refractivity contribution in [1.29, 1.82) is 0 Å². The Kier molecular flexibility index (Phi) is 5.41. The van der Waals surface area contributed by atoms with Gasteiger partial charge in [-0.1, -0.05) is 30.3 Å². The molecule has 0 unspecified atom stereocenters. The second-order valence-corrected chi connectivity index (χ2v) is 3.68. The zero-order valence-corrected chi connectivity index (χ0v) is 12.3. The molecule has 86 valence electrons. The molecule has 0 N–H and O–H groups in total. The van der Waals surface area contributed by atoms with Crippen LogP contribution >= 0.6 is 0 Å². The summed E-state index contributed by atoms with van der Waals surface area (Å²) in [6.45, 7) is 1.86. The zero-order valence-electron chi connectivity index (χ0n) is 10.3. The van der Waals surface area contributed by atoms with Crippen LogP contribution in [0, 0.1) is 6.92 Å². The van der Waals surface area contributed by atoms with Gasteiger partial charge in [-0.05, 0) is 30.7 Å². The van der Waals surface area contributed by atoms with Crippen LogP contribution in [0.3, 0.4) is 0 Å². The summed E-state index contributed by atoms with van der Waals surface area (Å²) in [6, 6.07) is 13.9. The first-order valence-electron chi connectivity index (χ1n) is 5.22. The molecule has 0 spiro atoms. The van der Waals surface area contributed by atoms with Gasteiger partial charge in [0.25, 0.3) is 0 Å². The maximum Gasteiger partial charge on any atom is 1.00 e. The Bertz CT molecular complexity index is 538. The predicted octanol–water partition coefficient (Wildman–Crippen LogP) is -0.845. The van der Waals surface area contributed by atoms with Crippen molar-refractivity contribution in [3.63, 3.8) is 0 Å². The SMILES string of the molecule is Cc1ccc(C(=O)[O-])cc1Oc1ccccc1.[Na+]. The molecule has 0 fully saturated rings. The largest absolute Gasteiger partial charge is 1.00 e. The number of carbonyl (C=O) groups is 1. The van der Waals surface area contributed by atoms with Gasteiger partial charge >= 0.3 is 29.6 Å². The van der Waals surface area contributed by atoms with Crippen molar-refractivity contribution in [2.24, 2.45) is 0 Å². The standard InChI is InChI=1S/C14H12O3.Na/c1-10-7-8-11(14(15)16)9-13(10)17-12-5-3-2-4-6-12;/h2-9H,1H3,(H,15,16);/q;+1/p-1. The maximum absolute atomic E-state index is 10.8. The summed E-state index contributed by atoms with van der Waals surface area (Å²) < 4.78 is 5.61. The Morgan fingerprint density at radius 3 is 2.39 bits per heavy atom.